The summed E-state index contributed by atoms with van der Waals surface area (Å²) in [7, 11) is 0. The van der Waals surface area contributed by atoms with Gasteiger partial charge in [-0.15, -0.1) is 0 Å². The fraction of sp³-hybridized carbons (Fsp3) is 0.107. The van der Waals surface area contributed by atoms with Gasteiger partial charge >= 0.3 is 0 Å². The van der Waals surface area contributed by atoms with Gasteiger partial charge in [-0.1, -0.05) is 167 Å². The smallest absolute Gasteiger partial charge is 0.0159 e. The predicted molar refractivity (Wildman–Crippen MR) is 238 cm³/mol. The average molecular weight is 715 g/mol. The average Bonchev–Trinajstić information content (AvgIpc) is 3.60. The van der Waals surface area contributed by atoms with Crippen molar-refractivity contribution in [3.05, 3.63) is 204 Å². The minimum Gasteiger partial charge on any atom is -0.0622 e. The van der Waals surface area contributed by atoms with E-state index in [1.165, 1.54) is 111 Å². The van der Waals surface area contributed by atoms with Gasteiger partial charge in [0.2, 0.25) is 0 Å². The molecule has 2 aliphatic rings. The van der Waals surface area contributed by atoms with Gasteiger partial charge < -0.3 is 0 Å². The van der Waals surface area contributed by atoms with Crippen molar-refractivity contribution >= 4 is 21.5 Å². The summed E-state index contributed by atoms with van der Waals surface area (Å²) in [4.78, 5) is 0. The van der Waals surface area contributed by atoms with E-state index in [-0.39, 0.29) is 10.8 Å². The van der Waals surface area contributed by atoms with Gasteiger partial charge in [-0.3, -0.25) is 0 Å². The molecule has 0 bridgehead atoms. The molecular formula is C56H42. The highest BCUT2D eigenvalue weighted by Gasteiger charge is 2.42. The van der Waals surface area contributed by atoms with Crippen LogP contribution in [-0.4, -0.2) is 0 Å². The molecule has 266 valence electrons. The molecule has 9 aromatic carbocycles. The van der Waals surface area contributed by atoms with E-state index in [2.05, 4.69) is 210 Å². The lowest BCUT2D eigenvalue weighted by Gasteiger charge is -2.24. The van der Waals surface area contributed by atoms with Crippen LogP contribution in [0.15, 0.2) is 182 Å². The Hall–Kier alpha value is -6.50. The summed E-state index contributed by atoms with van der Waals surface area (Å²) < 4.78 is 0. The zero-order valence-corrected chi connectivity index (χ0v) is 32.3. The quantitative estimate of drug-likeness (QED) is 0.170. The third kappa shape index (κ3) is 4.85. The van der Waals surface area contributed by atoms with E-state index >= 15 is 0 Å². The van der Waals surface area contributed by atoms with Crippen molar-refractivity contribution in [2.75, 3.05) is 0 Å². The lowest BCUT2D eigenvalue weighted by Crippen LogP contribution is -2.17. The van der Waals surface area contributed by atoms with Crippen LogP contribution in [0.1, 0.15) is 49.9 Å². The summed E-state index contributed by atoms with van der Waals surface area (Å²) in [5, 5.41) is 5.09. The maximum atomic E-state index is 2.53. The van der Waals surface area contributed by atoms with Crippen LogP contribution in [0.3, 0.4) is 0 Å². The van der Waals surface area contributed by atoms with E-state index in [1.54, 1.807) is 0 Å². The molecule has 0 aromatic heterocycles. The van der Waals surface area contributed by atoms with Crippen molar-refractivity contribution in [1.82, 2.24) is 0 Å². The summed E-state index contributed by atoms with van der Waals surface area (Å²) >= 11 is 0. The molecule has 0 unspecified atom stereocenters. The molecule has 0 spiro atoms. The number of hydrogen-bond donors (Lipinski definition) is 0. The van der Waals surface area contributed by atoms with Crippen LogP contribution in [0.2, 0.25) is 0 Å². The van der Waals surface area contributed by atoms with Crippen molar-refractivity contribution in [2.45, 2.75) is 38.5 Å². The molecule has 9 aromatic rings. The Morgan fingerprint density at radius 3 is 1.38 bits per heavy atom. The topological polar surface area (TPSA) is 0 Å². The molecule has 0 atom stereocenters. The summed E-state index contributed by atoms with van der Waals surface area (Å²) in [5.74, 6) is 0. The molecule has 0 N–H and O–H groups in total. The van der Waals surface area contributed by atoms with Crippen LogP contribution in [0, 0.1) is 0 Å². The lowest BCUT2D eigenvalue weighted by molar-refractivity contribution is 0.652. The molecule has 56 heavy (non-hydrogen) atoms. The normalized spacial score (nSPS) is 14.4. The fourth-order valence-electron chi connectivity index (χ4n) is 9.99. The Morgan fingerprint density at radius 1 is 0.250 bits per heavy atom. The largest absolute Gasteiger partial charge is 0.0622 e. The molecule has 0 saturated carbocycles. The number of fused-ring (bicyclic) bond motifs is 8. The Balaban J connectivity index is 0.992. The summed E-state index contributed by atoms with van der Waals surface area (Å²) in [5.41, 5.74) is 20.9. The Bertz CT molecular complexity index is 3060. The van der Waals surface area contributed by atoms with Gasteiger partial charge in [-0.05, 0) is 153 Å². The second kappa shape index (κ2) is 12.0. The van der Waals surface area contributed by atoms with E-state index < -0.39 is 0 Å². The van der Waals surface area contributed by atoms with Crippen LogP contribution in [0.25, 0.3) is 88.3 Å². The predicted octanol–water partition coefficient (Wildman–Crippen LogP) is 15.3. The molecule has 0 heteroatoms. The number of hydrogen-bond acceptors (Lipinski definition) is 0. The van der Waals surface area contributed by atoms with Crippen LogP contribution >= 0.6 is 0 Å². The highest BCUT2D eigenvalue weighted by atomic mass is 14.4. The van der Waals surface area contributed by atoms with Gasteiger partial charge in [-0.2, -0.15) is 0 Å². The lowest BCUT2D eigenvalue weighted by atomic mass is 9.78. The van der Waals surface area contributed by atoms with Gasteiger partial charge in [0.15, 0.2) is 0 Å². The zero-order chi connectivity index (χ0) is 37.8. The van der Waals surface area contributed by atoms with Crippen molar-refractivity contribution in [3.8, 4) is 66.8 Å². The zero-order valence-electron chi connectivity index (χ0n) is 32.3. The molecule has 0 radical (unpaired) electrons. The third-order valence-corrected chi connectivity index (χ3v) is 13.0. The Kier molecular flexibility index (Phi) is 7.05. The first kappa shape index (κ1) is 32.9. The number of benzene rings is 9. The molecule has 0 saturated heterocycles. The fourth-order valence-corrected chi connectivity index (χ4v) is 9.99. The molecule has 0 fully saturated rings. The van der Waals surface area contributed by atoms with Crippen molar-refractivity contribution in [2.24, 2.45) is 0 Å². The molecule has 0 nitrogen and oxygen atoms in total. The maximum Gasteiger partial charge on any atom is 0.0159 e. The standard InChI is InChI=1S/C56H42/c1-55(2)51-31-40(37-20-12-21-41(28-37)44-23-13-19-35-16-10-11-22-43(35)44)24-26-45(51)49-33-54-50(34-53(49)55)46-27-25-42(32-52(46)56(54,3)4)48-30-39-18-9-8-17-38(39)29-47(48)36-14-6-5-7-15-36/h5-34H,1-4H3. The van der Waals surface area contributed by atoms with E-state index in [9.17, 15) is 0 Å². The van der Waals surface area contributed by atoms with E-state index in [4.69, 9.17) is 0 Å². The third-order valence-electron chi connectivity index (χ3n) is 13.0. The molecule has 0 aliphatic heterocycles. The van der Waals surface area contributed by atoms with E-state index in [0.717, 1.165) is 0 Å². The number of rotatable bonds is 4. The summed E-state index contributed by atoms with van der Waals surface area (Å²) in [6.45, 7) is 9.66. The molecule has 0 heterocycles. The molecular weight excluding hydrogens is 673 g/mol. The molecule has 11 rings (SSSR count). The van der Waals surface area contributed by atoms with E-state index in [1.807, 2.05) is 0 Å². The molecule has 2 aliphatic carbocycles. The Morgan fingerprint density at radius 2 is 0.696 bits per heavy atom. The summed E-state index contributed by atoms with van der Waals surface area (Å²) in [6, 6.07) is 68.1. The minimum absolute atomic E-state index is 0.133. The van der Waals surface area contributed by atoms with Crippen LogP contribution in [0.4, 0.5) is 0 Å². The Labute approximate surface area is 329 Å². The van der Waals surface area contributed by atoms with Gasteiger partial charge in [-0.25, -0.2) is 0 Å². The van der Waals surface area contributed by atoms with Crippen molar-refractivity contribution in [1.29, 1.82) is 0 Å². The van der Waals surface area contributed by atoms with Crippen molar-refractivity contribution < 1.29 is 0 Å². The van der Waals surface area contributed by atoms with Gasteiger partial charge in [0.05, 0.1) is 0 Å². The van der Waals surface area contributed by atoms with Crippen LogP contribution in [0.5, 0.6) is 0 Å². The second-order valence-electron chi connectivity index (χ2n) is 16.9. The molecule has 0 amide bonds. The van der Waals surface area contributed by atoms with Crippen LogP contribution < -0.4 is 0 Å². The highest BCUT2D eigenvalue weighted by molar-refractivity contribution is 5.99. The maximum absolute atomic E-state index is 2.53. The van der Waals surface area contributed by atoms with E-state index in [0.29, 0.717) is 0 Å². The highest BCUT2D eigenvalue weighted by Crippen LogP contribution is 2.57. The first-order chi connectivity index (χ1) is 27.3. The van der Waals surface area contributed by atoms with Gasteiger partial charge in [0.1, 0.15) is 0 Å². The van der Waals surface area contributed by atoms with Gasteiger partial charge in [0.25, 0.3) is 0 Å². The minimum atomic E-state index is -0.144. The van der Waals surface area contributed by atoms with Crippen molar-refractivity contribution in [3.63, 3.8) is 0 Å². The van der Waals surface area contributed by atoms with Crippen LogP contribution in [-0.2, 0) is 10.8 Å². The summed E-state index contributed by atoms with van der Waals surface area (Å²) in [6.07, 6.45) is 0. The second-order valence-corrected chi connectivity index (χ2v) is 16.9. The monoisotopic (exact) mass is 714 g/mol. The first-order valence-corrected chi connectivity index (χ1v) is 19.9. The first-order valence-electron chi connectivity index (χ1n) is 19.9. The van der Waals surface area contributed by atoms with Gasteiger partial charge in [0, 0.05) is 10.8 Å². The SMILES string of the molecule is CC1(C)c2cc(-c3cccc(-c4cccc5ccccc45)c3)ccc2-c2cc3c(cc21)-c1ccc(-c2cc4ccccc4cc2-c2ccccc2)cc1C3(C)C.